The Balaban J connectivity index is 2.21. The van der Waals surface area contributed by atoms with E-state index < -0.39 is 0 Å². The van der Waals surface area contributed by atoms with E-state index in [0.29, 0.717) is 5.41 Å². The van der Waals surface area contributed by atoms with Gasteiger partial charge in [0.2, 0.25) is 0 Å². The number of rotatable bonds is 9. The van der Waals surface area contributed by atoms with E-state index in [4.69, 9.17) is 9.84 Å². The largest absolute Gasteiger partial charge is 0.392 e. The average molecular weight is 307 g/mol. The third-order valence-corrected chi connectivity index (χ3v) is 3.78. The third-order valence-electron chi connectivity index (χ3n) is 3.78. The van der Waals surface area contributed by atoms with Crippen LogP contribution in [0.5, 0.6) is 0 Å². The predicted molar refractivity (Wildman–Crippen MR) is 92.8 cm³/mol. The van der Waals surface area contributed by atoms with E-state index in [9.17, 15) is 0 Å². The highest BCUT2D eigenvalue weighted by atomic mass is 16.5. The monoisotopic (exact) mass is 307 g/mol. The maximum Gasteiger partial charge on any atom is 0.0681 e. The quantitative estimate of drug-likeness (QED) is 0.680. The molecule has 3 nitrogen and oxygen atoms in total. The van der Waals surface area contributed by atoms with Gasteiger partial charge in [-0.1, -0.05) is 45.0 Å². The first-order chi connectivity index (χ1) is 10.2. The van der Waals surface area contributed by atoms with Crippen LogP contribution in [0.25, 0.3) is 0 Å². The highest BCUT2D eigenvalue weighted by Gasteiger charge is 2.19. The highest BCUT2D eigenvalue weighted by Crippen LogP contribution is 2.21. The van der Waals surface area contributed by atoms with Crippen molar-refractivity contribution in [3.05, 3.63) is 35.4 Å². The van der Waals surface area contributed by atoms with Gasteiger partial charge in [-0.15, -0.1) is 0 Å². The van der Waals surface area contributed by atoms with Gasteiger partial charge in [0.1, 0.15) is 0 Å². The van der Waals surface area contributed by atoms with Crippen molar-refractivity contribution in [3.8, 4) is 0 Å². The van der Waals surface area contributed by atoms with E-state index in [2.05, 4.69) is 52.1 Å². The molecule has 0 fully saturated rings. The lowest BCUT2D eigenvalue weighted by atomic mass is 9.93. The maximum atomic E-state index is 9.02. The van der Waals surface area contributed by atoms with Crippen molar-refractivity contribution >= 4 is 0 Å². The van der Waals surface area contributed by atoms with Crippen LogP contribution in [0, 0.1) is 5.41 Å². The normalized spacial score (nSPS) is 12.6. The molecule has 0 saturated heterocycles. The molecule has 0 aliphatic rings. The molecule has 0 atom stereocenters. The second-order valence-electron chi connectivity index (χ2n) is 7.82. The van der Waals surface area contributed by atoms with Crippen LogP contribution in [0.2, 0.25) is 0 Å². The van der Waals surface area contributed by atoms with Crippen molar-refractivity contribution in [2.24, 2.45) is 5.41 Å². The lowest BCUT2D eigenvalue weighted by molar-refractivity contribution is -0.0325. The topological polar surface area (TPSA) is 41.5 Å². The highest BCUT2D eigenvalue weighted by molar-refractivity contribution is 5.21. The second-order valence-corrected chi connectivity index (χ2v) is 7.82. The molecule has 0 aliphatic carbocycles. The summed E-state index contributed by atoms with van der Waals surface area (Å²) in [4.78, 5) is 0. The van der Waals surface area contributed by atoms with E-state index in [0.717, 1.165) is 38.1 Å². The van der Waals surface area contributed by atoms with Crippen molar-refractivity contribution < 1.29 is 9.84 Å². The molecule has 0 radical (unpaired) electrons. The molecule has 3 heteroatoms. The summed E-state index contributed by atoms with van der Waals surface area (Å²) in [5.41, 5.74) is 2.44. The van der Waals surface area contributed by atoms with Crippen molar-refractivity contribution in [1.82, 2.24) is 5.32 Å². The van der Waals surface area contributed by atoms with E-state index in [1.807, 2.05) is 12.1 Å². The minimum Gasteiger partial charge on any atom is -0.392 e. The minimum absolute atomic E-state index is 0.0843. The fourth-order valence-electron chi connectivity index (χ4n) is 2.09. The number of hydrogen-bond acceptors (Lipinski definition) is 3. The van der Waals surface area contributed by atoms with Crippen molar-refractivity contribution in [2.45, 2.75) is 66.2 Å². The van der Waals surface area contributed by atoms with Crippen molar-refractivity contribution in [1.29, 1.82) is 0 Å². The molecule has 1 rings (SSSR count). The van der Waals surface area contributed by atoms with Gasteiger partial charge in [-0.2, -0.15) is 0 Å². The van der Waals surface area contributed by atoms with Crippen LogP contribution >= 0.6 is 0 Å². The predicted octanol–water partition coefficient (Wildman–Crippen LogP) is 3.89. The molecule has 1 aromatic rings. The smallest absolute Gasteiger partial charge is 0.0681 e. The summed E-state index contributed by atoms with van der Waals surface area (Å²) in [6, 6.07) is 8.06. The first-order valence-electron chi connectivity index (χ1n) is 8.25. The van der Waals surface area contributed by atoms with Gasteiger partial charge in [0, 0.05) is 13.2 Å². The standard InChI is InChI=1S/C19H33NO2/c1-18(2,3)11-13-22-19(4,5)10-12-20-14-16-6-8-17(15-21)9-7-16/h6-9,20-21H,10-15H2,1-5H3. The zero-order chi connectivity index (χ0) is 16.6. The second kappa shape index (κ2) is 8.66. The summed E-state index contributed by atoms with van der Waals surface area (Å²) in [7, 11) is 0. The Morgan fingerprint density at radius 3 is 2.09 bits per heavy atom. The molecule has 0 amide bonds. The molecular weight excluding hydrogens is 274 g/mol. The Labute approximate surface area is 136 Å². The van der Waals surface area contributed by atoms with Gasteiger partial charge in [-0.25, -0.2) is 0 Å². The molecule has 0 bridgehead atoms. The number of benzene rings is 1. The lowest BCUT2D eigenvalue weighted by Crippen LogP contribution is -2.31. The van der Waals surface area contributed by atoms with Crippen LogP contribution in [-0.2, 0) is 17.9 Å². The average Bonchev–Trinajstić information content (AvgIpc) is 2.42. The molecule has 2 N–H and O–H groups in total. The third kappa shape index (κ3) is 8.52. The molecule has 1 aromatic carbocycles. The van der Waals surface area contributed by atoms with Gasteiger partial charge in [0.25, 0.3) is 0 Å². The molecular formula is C19H33NO2. The molecule has 22 heavy (non-hydrogen) atoms. The summed E-state index contributed by atoms with van der Waals surface area (Å²) in [6.45, 7) is 13.8. The van der Waals surface area contributed by atoms with Crippen LogP contribution in [0.4, 0.5) is 0 Å². The number of hydrogen-bond donors (Lipinski definition) is 2. The minimum atomic E-state index is -0.0843. The summed E-state index contributed by atoms with van der Waals surface area (Å²) in [5.74, 6) is 0. The Morgan fingerprint density at radius 1 is 0.955 bits per heavy atom. The van der Waals surface area contributed by atoms with Gasteiger partial charge in [-0.05, 0) is 49.8 Å². The first-order valence-corrected chi connectivity index (χ1v) is 8.25. The van der Waals surface area contributed by atoms with E-state index >= 15 is 0 Å². The Hall–Kier alpha value is -0.900. The Bertz CT molecular complexity index is 418. The van der Waals surface area contributed by atoms with Crippen LogP contribution < -0.4 is 5.32 Å². The number of aliphatic hydroxyl groups excluding tert-OH is 1. The summed E-state index contributed by atoms with van der Waals surface area (Å²) < 4.78 is 6.02. The summed E-state index contributed by atoms with van der Waals surface area (Å²) >= 11 is 0. The van der Waals surface area contributed by atoms with Gasteiger partial charge in [0.15, 0.2) is 0 Å². The molecule has 0 unspecified atom stereocenters. The fourth-order valence-corrected chi connectivity index (χ4v) is 2.09. The number of ether oxygens (including phenoxy) is 1. The molecule has 0 aliphatic heterocycles. The molecule has 0 heterocycles. The van der Waals surface area contributed by atoms with Gasteiger partial charge in [0.05, 0.1) is 12.2 Å². The van der Waals surface area contributed by atoms with Crippen LogP contribution in [0.15, 0.2) is 24.3 Å². The molecule has 126 valence electrons. The summed E-state index contributed by atoms with van der Waals surface area (Å²) in [6.07, 6.45) is 2.08. The van der Waals surface area contributed by atoms with Crippen molar-refractivity contribution in [3.63, 3.8) is 0 Å². The molecule has 0 saturated carbocycles. The van der Waals surface area contributed by atoms with Crippen LogP contribution in [-0.4, -0.2) is 23.9 Å². The lowest BCUT2D eigenvalue weighted by Gasteiger charge is -2.28. The van der Waals surface area contributed by atoms with Crippen molar-refractivity contribution in [2.75, 3.05) is 13.2 Å². The van der Waals surface area contributed by atoms with Gasteiger partial charge >= 0.3 is 0 Å². The van der Waals surface area contributed by atoms with Crippen LogP contribution in [0.3, 0.4) is 0 Å². The zero-order valence-corrected chi connectivity index (χ0v) is 14.9. The number of aliphatic hydroxyl groups is 1. The van der Waals surface area contributed by atoms with Gasteiger partial charge < -0.3 is 15.2 Å². The summed E-state index contributed by atoms with van der Waals surface area (Å²) in [5, 5.41) is 12.5. The molecule has 0 spiro atoms. The van der Waals surface area contributed by atoms with E-state index in [1.54, 1.807) is 0 Å². The Kier molecular flexibility index (Phi) is 7.54. The number of nitrogens with one attached hydrogen (secondary N) is 1. The first kappa shape index (κ1) is 19.1. The van der Waals surface area contributed by atoms with E-state index in [-0.39, 0.29) is 12.2 Å². The van der Waals surface area contributed by atoms with Gasteiger partial charge in [-0.3, -0.25) is 0 Å². The maximum absolute atomic E-state index is 9.02. The van der Waals surface area contributed by atoms with E-state index in [1.165, 1.54) is 5.56 Å². The molecule has 0 aromatic heterocycles. The zero-order valence-electron chi connectivity index (χ0n) is 14.9. The van der Waals surface area contributed by atoms with Crippen LogP contribution in [0.1, 0.15) is 58.6 Å². The SMILES string of the molecule is CC(C)(C)CCOC(C)(C)CCNCc1ccc(CO)cc1. The fraction of sp³-hybridized carbons (Fsp3) is 0.684. The Morgan fingerprint density at radius 2 is 1.55 bits per heavy atom.